The number of furan rings is 1. The number of amides is 1. The Morgan fingerprint density at radius 1 is 1.05 bits per heavy atom. The zero-order valence-electron chi connectivity index (χ0n) is 12.0. The van der Waals surface area contributed by atoms with Gasteiger partial charge in [0.2, 0.25) is 0 Å². The summed E-state index contributed by atoms with van der Waals surface area (Å²) in [5.74, 6) is -0.0172. The molecule has 3 rings (SSSR count). The molecule has 0 radical (unpaired) electrons. The van der Waals surface area contributed by atoms with E-state index in [0.29, 0.717) is 27.1 Å². The third kappa shape index (κ3) is 2.70. The van der Waals surface area contributed by atoms with Crippen LogP contribution < -0.4 is 5.32 Å². The van der Waals surface area contributed by atoms with Crippen molar-refractivity contribution in [3.05, 3.63) is 63.3 Å². The highest BCUT2D eigenvalue weighted by Crippen LogP contribution is 2.28. The van der Waals surface area contributed by atoms with E-state index in [4.69, 9.17) is 27.6 Å². The maximum absolute atomic E-state index is 12.4. The first-order valence-electron chi connectivity index (χ1n) is 6.72. The van der Waals surface area contributed by atoms with E-state index in [1.54, 1.807) is 18.2 Å². The van der Waals surface area contributed by atoms with Crippen molar-refractivity contribution in [3.63, 3.8) is 0 Å². The summed E-state index contributed by atoms with van der Waals surface area (Å²) in [6.45, 7) is 3.87. The van der Waals surface area contributed by atoms with Crippen LogP contribution in [0.4, 0.5) is 5.69 Å². The van der Waals surface area contributed by atoms with Gasteiger partial charge >= 0.3 is 0 Å². The molecule has 3 nitrogen and oxygen atoms in total. The predicted octanol–water partition coefficient (Wildman–Crippen LogP) is 5.61. The number of nitrogens with one attached hydrogen (secondary N) is 1. The SMILES string of the molecule is Cc1ccc2oc(C(=O)Nc3ccc(Cl)c(Cl)c3)c(C)c2c1. The second-order valence-corrected chi connectivity index (χ2v) is 5.95. The molecular weight excluding hydrogens is 321 g/mol. The Morgan fingerprint density at radius 3 is 2.55 bits per heavy atom. The first-order valence-corrected chi connectivity index (χ1v) is 7.47. The van der Waals surface area contributed by atoms with Crippen molar-refractivity contribution >= 4 is 45.8 Å². The lowest BCUT2D eigenvalue weighted by Gasteiger charge is -2.05. The minimum absolute atomic E-state index is 0.298. The highest BCUT2D eigenvalue weighted by Gasteiger charge is 2.18. The average Bonchev–Trinajstić information content (AvgIpc) is 2.80. The van der Waals surface area contributed by atoms with Crippen LogP contribution in [0.2, 0.25) is 10.0 Å². The van der Waals surface area contributed by atoms with Gasteiger partial charge < -0.3 is 9.73 Å². The number of hydrogen-bond donors (Lipinski definition) is 1. The number of halogens is 2. The Hall–Kier alpha value is -1.97. The Kier molecular flexibility index (Phi) is 3.85. The van der Waals surface area contributed by atoms with Gasteiger partial charge in [-0.15, -0.1) is 0 Å². The van der Waals surface area contributed by atoms with Crippen LogP contribution in [0.25, 0.3) is 11.0 Å². The zero-order valence-corrected chi connectivity index (χ0v) is 13.5. The van der Waals surface area contributed by atoms with Crippen LogP contribution >= 0.6 is 23.2 Å². The molecule has 1 N–H and O–H groups in total. The van der Waals surface area contributed by atoms with Crippen molar-refractivity contribution in [2.75, 3.05) is 5.32 Å². The number of benzene rings is 2. The first-order chi connectivity index (χ1) is 10.5. The second-order valence-electron chi connectivity index (χ2n) is 5.14. The van der Waals surface area contributed by atoms with Gasteiger partial charge in [-0.1, -0.05) is 34.8 Å². The van der Waals surface area contributed by atoms with Gasteiger partial charge in [0.25, 0.3) is 5.91 Å². The van der Waals surface area contributed by atoms with Crippen LogP contribution in [0, 0.1) is 13.8 Å². The summed E-state index contributed by atoms with van der Waals surface area (Å²) in [6, 6.07) is 10.7. The molecule has 1 aromatic heterocycles. The van der Waals surface area contributed by atoms with Crippen LogP contribution in [0.3, 0.4) is 0 Å². The molecule has 0 aliphatic heterocycles. The number of hydrogen-bond acceptors (Lipinski definition) is 2. The van der Waals surface area contributed by atoms with Gasteiger partial charge in [-0.3, -0.25) is 4.79 Å². The Labute approximate surface area is 137 Å². The van der Waals surface area contributed by atoms with Crippen molar-refractivity contribution in [3.8, 4) is 0 Å². The fourth-order valence-electron chi connectivity index (χ4n) is 2.31. The summed E-state index contributed by atoms with van der Waals surface area (Å²) in [5.41, 5.74) is 3.20. The maximum atomic E-state index is 12.4. The molecule has 0 atom stereocenters. The predicted molar refractivity (Wildman–Crippen MR) is 90.1 cm³/mol. The lowest BCUT2D eigenvalue weighted by molar-refractivity contribution is 0.0998. The Morgan fingerprint density at radius 2 is 1.82 bits per heavy atom. The number of aryl methyl sites for hydroxylation is 2. The third-order valence-corrected chi connectivity index (χ3v) is 4.21. The van der Waals surface area contributed by atoms with Crippen molar-refractivity contribution in [2.24, 2.45) is 0 Å². The Balaban J connectivity index is 1.95. The van der Waals surface area contributed by atoms with Crippen molar-refractivity contribution in [1.82, 2.24) is 0 Å². The van der Waals surface area contributed by atoms with Gasteiger partial charge in [0, 0.05) is 16.6 Å². The van der Waals surface area contributed by atoms with E-state index in [1.165, 1.54) is 0 Å². The molecule has 0 saturated heterocycles. The summed E-state index contributed by atoms with van der Waals surface area (Å²) in [7, 11) is 0. The van der Waals surface area contributed by atoms with E-state index in [-0.39, 0.29) is 5.91 Å². The van der Waals surface area contributed by atoms with E-state index in [2.05, 4.69) is 5.32 Å². The Bertz CT molecular complexity index is 884. The van der Waals surface area contributed by atoms with Crippen LogP contribution in [0.5, 0.6) is 0 Å². The molecule has 2 aromatic carbocycles. The maximum Gasteiger partial charge on any atom is 0.291 e. The van der Waals surface area contributed by atoms with Crippen LogP contribution in [0.1, 0.15) is 21.7 Å². The highest BCUT2D eigenvalue weighted by atomic mass is 35.5. The molecule has 0 bridgehead atoms. The summed E-state index contributed by atoms with van der Waals surface area (Å²) in [6.07, 6.45) is 0. The molecule has 3 aromatic rings. The lowest BCUT2D eigenvalue weighted by atomic mass is 10.1. The molecule has 5 heteroatoms. The lowest BCUT2D eigenvalue weighted by Crippen LogP contribution is -2.12. The van der Waals surface area contributed by atoms with E-state index in [0.717, 1.165) is 16.5 Å². The third-order valence-electron chi connectivity index (χ3n) is 3.48. The summed E-state index contributed by atoms with van der Waals surface area (Å²) >= 11 is 11.8. The van der Waals surface area contributed by atoms with Gasteiger partial charge in [-0.25, -0.2) is 0 Å². The highest BCUT2D eigenvalue weighted by molar-refractivity contribution is 6.42. The molecule has 0 fully saturated rings. The quantitative estimate of drug-likeness (QED) is 0.662. The molecule has 1 heterocycles. The van der Waals surface area contributed by atoms with Crippen LogP contribution in [-0.4, -0.2) is 5.91 Å². The van der Waals surface area contributed by atoms with Crippen LogP contribution in [-0.2, 0) is 0 Å². The van der Waals surface area contributed by atoms with Crippen LogP contribution in [0.15, 0.2) is 40.8 Å². The van der Waals surface area contributed by atoms with Gasteiger partial charge in [0.15, 0.2) is 5.76 Å². The standard InChI is InChI=1S/C17H13Cl2NO2/c1-9-3-6-15-12(7-9)10(2)16(22-15)17(21)20-11-4-5-13(18)14(19)8-11/h3-8H,1-2H3,(H,20,21). The molecular formula is C17H13Cl2NO2. The van der Waals surface area contributed by atoms with Crippen molar-refractivity contribution in [1.29, 1.82) is 0 Å². The fourth-order valence-corrected chi connectivity index (χ4v) is 2.61. The first kappa shape index (κ1) is 14.9. The number of fused-ring (bicyclic) bond motifs is 1. The molecule has 0 unspecified atom stereocenters. The normalized spacial score (nSPS) is 10.9. The monoisotopic (exact) mass is 333 g/mol. The fraction of sp³-hybridized carbons (Fsp3) is 0.118. The van der Waals surface area contributed by atoms with E-state index in [9.17, 15) is 4.79 Å². The van der Waals surface area contributed by atoms with Gasteiger partial charge in [0.1, 0.15) is 5.58 Å². The molecule has 22 heavy (non-hydrogen) atoms. The van der Waals surface area contributed by atoms with Crippen molar-refractivity contribution in [2.45, 2.75) is 13.8 Å². The number of anilines is 1. The molecule has 0 saturated carbocycles. The molecule has 0 spiro atoms. The molecule has 1 amide bonds. The summed E-state index contributed by atoms with van der Waals surface area (Å²) < 4.78 is 5.67. The average molecular weight is 334 g/mol. The largest absolute Gasteiger partial charge is 0.451 e. The van der Waals surface area contributed by atoms with E-state index >= 15 is 0 Å². The number of carbonyl (C=O) groups excluding carboxylic acids is 1. The minimum Gasteiger partial charge on any atom is -0.451 e. The van der Waals surface area contributed by atoms with Gasteiger partial charge in [-0.2, -0.15) is 0 Å². The topological polar surface area (TPSA) is 42.2 Å². The van der Waals surface area contributed by atoms with E-state index in [1.807, 2.05) is 32.0 Å². The second kappa shape index (κ2) is 5.67. The number of rotatable bonds is 2. The van der Waals surface area contributed by atoms with Crippen molar-refractivity contribution < 1.29 is 9.21 Å². The van der Waals surface area contributed by atoms with Gasteiger partial charge in [0.05, 0.1) is 10.0 Å². The minimum atomic E-state index is -0.315. The summed E-state index contributed by atoms with van der Waals surface area (Å²) in [4.78, 5) is 12.4. The number of carbonyl (C=O) groups is 1. The molecule has 112 valence electrons. The molecule has 0 aliphatic rings. The summed E-state index contributed by atoms with van der Waals surface area (Å²) in [5, 5.41) is 4.54. The van der Waals surface area contributed by atoms with E-state index < -0.39 is 0 Å². The van der Waals surface area contributed by atoms with Gasteiger partial charge in [-0.05, 0) is 44.2 Å². The zero-order chi connectivity index (χ0) is 15.9. The molecule has 0 aliphatic carbocycles. The smallest absolute Gasteiger partial charge is 0.291 e.